The molecule has 2 aromatic heterocycles. The Morgan fingerprint density at radius 1 is 1.05 bits per heavy atom. The molecule has 3 rings (SSSR count). The molecule has 0 atom stereocenters. The van der Waals surface area contributed by atoms with E-state index in [0.29, 0.717) is 5.56 Å². The Hall–Kier alpha value is -2.35. The molecule has 0 N–H and O–H groups in total. The number of nitriles is 1. The highest BCUT2D eigenvalue weighted by atomic mass is 32.1. The standard InChI is InChI=1S/C18H16N2OS/c19-11-15-4-1-5-16(10-15)12-20(13-17-6-2-8-21-17)14-18-7-3-9-22-18/h1-10H,12-14H2. The zero-order valence-corrected chi connectivity index (χ0v) is 12.9. The Balaban J connectivity index is 1.76. The zero-order chi connectivity index (χ0) is 15.2. The summed E-state index contributed by atoms with van der Waals surface area (Å²) in [5.41, 5.74) is 1.84. The predicted octanol–water partition coefficient (Wildman–Crippen LogP) is 4.42. The lowest BCUT2D eigenvalue weighted by molar-refractivity contribution is 0.229. The van der Waals surface area contributed by atoms with Crippen LogP contribution in [-0.4, -0.2) is 4.90 Å². The first kappa shape index (κ1) is 14.6. The maximum atomic E-state index is 9.03. The molecule has 2 heterocycles. The van der Waals surface area contributed by atoms with Gasteiger partial charge in [-0.1, -0.05) is 18.2 Å². The maximum absolute atomic E-state index is 9.03. The summed E-state index contributed by atoms with van der Waals surface area (Å²) in [5.74, 6) is 0.952. The van der Waals surface area contributed by atoms with Crippen LogP contribution in [0.3, 0.4) is 0 Å². The normalized spacial score (nSPS) is 10.7. The molecule has 4 heteroatoms. The smallest absolute Gasteiger partial charge is 0.117 e. The van der Waals surface area contributed by atoms with Gasteiger partial charge in [0.05, 0.1) is 24.4 Å². The van der Waals surface area contributed by atoms with Crippen LogP contribution in [0, 0.1) is 11.3 Å². The number of nitrogens with zero attached hydrogens (tertiary/aromatic N) is 2. The van der Waals surface area contributed by atoms with Crippen molar-refractivity contribution in [2.45, 2.75) is 19.6 Å². The molecule has 3 aromatic rings. The van der Waals surface area contributed by atoms with E-state index in [1.54, 1.807) is 17.6 Å². The van der Waals surface area contributed by atoms with Crippen molar-refractivity contribution in [2.75, 3.05) is 0 Å². The number of benzene rings is 1. The van der Waals surface area contributed by atoms with Crippen LogP contribution in [0.1, 0.15) is 21.8 Å². The van der Waals surface area contributed by atoms with Crippen LogP contribution in [0.25, 0.3) is 0 Å². The van der Waals surface area contributed by atoms with E-state index < -0.39 is 0 Å². The Bertz CT molecular complexity index is 706. The molecule has 0 unspecified atom stereocenters. The average Bonchev–Trinajstić information content (AvgIpc) is 3.21. The van der Waals surface area contributed by atoms with Gasteiger partial charge in [-0.15, -0.1) is 11.3 Å². The number of rotatable bonds is 6. The van der Waals surface area contributed by atoms with Crippen LogP contribution in [0.15, 0.2) is 64.6 Å². The van der Waals surface area contributed by atoms with Crippen LogP contribution in [-0.2, 0) is 19.6 Å². The third-order valence-corrected chi connectivity index (χ3v) is 4.24. The van der Waals surface area contributed by atoms with Gasteiger partial charge >= 0.3 is 0 Å². The Morgan fingerprint density at radius 3 is 2.73 bits per heavy atom. The summed E-state index contributed by atoms with van der Waals surface area (Å²) in [6, 6.07) is 18.1. The van der Waals surface area contributed by atoms with Crippen LogP contribution >= 0.6 is 11.3 Å². The second-order valence-electron chi connectivity index (χ2n) is 5.12. The average molecular weight is 308 g/mol. The molecular weight excluding hydrogens is 292 g/mol. The lowest BCUT2D eigenvalue weighted by Gasteiger charge is -2.20. The first-order valence-corrected chi connectivity index (χ1v) is 7.97. The van der Waals surface area contributed by atoms with Gasteiger partial charge in [0.15, 0.2) is 0 Å². The molecule has 1 aromatic carbocycles. The molecule has 0 saturated heterocycles. The molecule has 110 valence electrons. The number of furan rings is 1. The van der Waals surface area contributed by atoms with Gasteiger partial charge in [-0.05, 0) is 41.3 Å². The Kier molecular flexibility index (Phi) is 4.69. The van der Waals surface area contributed by atoms with Gasteiger partial charge in [0.1, 0.15) is 5.76 Å². The third kappa shape index (κ3) is 3.85. The zero-order valence-electron chi connectivity index (χ0n) is 12.1. The monoisotopic (exact) mass is 308 g/mol. The van der Waals surface area contributed by atoms with E-state index in [4.69, 9.17) is 9.68 Å². The van der Waals surface area contributed by atoms with Gasteiger partial charge in [-0.25, -0.2) is 0 Å². The summed E-state index contributed by atoms with van der Waals surface area (Å²) in [6.45, 7) is 2.41. The topological polar surface area (TPSA) is 40.2 Å². The first-order valence-electron chi connectivity index (χ1n) is 7.09. The second kappa shape index (κ2) is 7.08. The molecule has 0 fully saturated rings. The van der Waals surface area contributed by atoms with Crippen LogP contribution in [0.2, 0.25) is 0 Å². The minimum absolute atomic E-state index is 0.701. The summed E-state index contributed by atoms with van der Waals surface area (Å²) in [7, 11) is 0. The van der Waals surface area contributed by atoms with Crippen molar-refractivity contribution in [1.29, 1.82) is 5.26 Å². The molecule has 0 saturated carbocycles. The summed E-state index contributed by atoms with van der Waals surface area (Å²) in [4.78, 5) is 3.64. The maximum Gasteiger partial charge on any atom is 0.117 e. The molecule has 3 nitrogen and oxygen atoms in total. The van der Waals surface area contributed by atoms with Crippen LogP contribution < -0.4 is 0 Å². The van der Waals surface area contributed by atoms with Gasteiger partial charge in [0.2, 0.25) is 0 Å². The predicted molar refractivity (Wildman–Crippen MR) is 87.1 cm³/mol. The highest BCUT2D eigenvalue weighted by Crippen LogP contribution is 2.18. The van der Waals surface area contributed by atoms with Gasteiger partial charge in [0, 0.05) is 18.0 Å². The Morgan fingerprint density at radius 2 is 2.00 bits per heavy atom. The van der Waals surface area contributed by atoms with E-state index >= 15 is 0 Å². The van der Waals surface area contributed by atoms with Gasteiger partial charge < -0.3 is 4.42 Å². The summed E-state index contributed by atoms with van der Waals surface area (Å²) >= 11 is 1.76. The number of hydrogen-bond donors (Lipinski definition) is 0. The van der Waals surface area contributed by atoms with Crippen molar-refractivity contribution < 1.29 is 4.42 Å². The number of hydrogen-bond acceptors (Lipinski definition) is 4. The highest BCUT2D eigenvalue weighted by Gasteiger charge is 2.11. The van der Waals surface area contributed by atoms with Crippen molar-refractivity contribution >= 4 is 11.3 Å². The van der Waals surface area contributed by atoms with Crippen molar-refractivity contribution in [1.82, 2.24) is 4.90 Å². The summed E-state index contributed by atoms with van der Waals surface area (Å²) < 4.78 is 5.48. The molecule has 0 spiro atoms. The lowest BCUT2D eigenvalue weighted by Crippen LogP contribution is -2.21. The fourth-order valence-electron chi connectivity index (χ4n) is 2.41. The fourth-order valence-corrected chi connectivity index (χ4v) is 3.16. The largest absolute Gasteiger partial charge is 0.468 e. The first-order chi connectivity index (χ1) is 10.8. The highest BCUT2D eigenvalue weighted by molar-refractivity contribution is 7.09. The van der Waals surface area contributed by atoms with E-state index in [0.717, 1.165) is 31.0 Å². The van der Waals surface area contributed by atoms with Crippen molar-refractivity contribution in [3.63, 3.8) is 0 Å². The second-order valence-corrected chi connectivity index (χ2v) is 6.15. The minimum Gasteiger partial charge on any atom is -0.468 e. The van der Waals surface area contributed by atoms with Crippen LogP contribution in [0.4, 0.5) is 0 Å². The molecule has 0 amide bonds. The third-order valence-electron chi connectivity index (χ3n) is 3.38. The SMILES string of the molecule is N#Cc1cccc(CN(Cc2ccco2)Cc2cccs2)c1. The van der Waals surface area contributed by atoms with E-state index in [2.05, 4.69) is 34.5 Å². The molecule has 0 aliphatic carbocycles. The van der Waals surface area contributed by atoms with Crippen molar-refractivity contribution in [3.05, 3.63) is 81.9 Å². The fraction of sp³-hybridized carbons (Fsp3) is 0.167. The molecule has 0 aliphatic heterocycles. The van der Waals surface area contributed by atoms with Crippen LogP contribution in [0.5, 0.6) is 0 Å². The molecule has 0 radical (unpaired) electrons. The Labute approximate surface area is 134 Å². The summed E-state index contributed by atoms with van der Waals surface area (Å²) in [6.07, 6.45) is 1.70. The van der Waals surface area contributed by atoms with Gasteiger partial charge in [-0.3, -0.25) is 4.90 Å². The van der Waals surface area contributed by atoms with E-state index in [-0.39, 0.29) is 0 Å². The molecule has 22 heavy (non-hydrogen) atoms. The summed E-state index contributed by atoms with van der Waals surface area (Å²) in [5, 5.41) is 11.1. The van der Waals surface area contributed by atoms with Gasteiger partial charge in [0.25, 0.3) is 0 Å². The molecule has 0 bridgehead atoms. The van der Waals surface area contributed by atoms with E-state index in [1.807, 2.05) is 30.3 Å². The van der Waals surface area contributed by atoms with E-state index in [9.17, 15) is 0 Å². The van der Waals surface area contributed by atoms with Crippen molar-refractivity contribution in [3.8, 4) is 6.07 Å². The quantitative estimate of drug-likeness (QED) is 0.677. The van der Waals surface area contributed by atoms with Gasteiger partial charge in [-0.2, -0.15) is 5.26 Å². The number of thiophene rings is 1. The van der Waals surface area contributed by atoms with Crippen molar-refractivity contribution in [2.24, 2.45) is 0 Å². The van der Waals surface area contributed by atoms with E-state index in [1.165, 1.54) is 4.88 Å². The lowest BCUT2D eigenvalue weighted by atomic mass is 10.1. The molecule has 0 aliphatic rings. The molecular formula is C18H16N2OS. The minimum atomic E-state index is 0.701.